The van der Waals surface area contributed by atoms with Crippen molar-refractivity contribution in [2.45, 2.75) is 38.0 Å². The molecule has 2 aliphatic rings. The van der Waals surface area contributed by atoms with Crippen LogP contribution in [0, 0.1) is 11.8 Å². The van der Waals surface area contributed by atoms with Gasteiger partial charge in [-0.2, -0.15) is 4.31 Å². The Bertz CT molecular complexity index is 777. The third-order valence-corrected chi connectivity index (χ3v) is 7.30. The van der Waals surface area contributed by atoms with Crippen molar-refractivity contribution in [3.63, 3.8) is 0 Å². The molecule has 9 heteroatoms. The first kappa shape index (κ1) is 22.9. The standard InChI is InChI=1S/C19H29N3O4S.ClH/c1-3-26-17-8-7-16(21-19(23)14(2)15-12-20-13-15)11-18(17)27(24,25)22-9-5-4-6-10-22;/h7-8,11,14-15,20H,3-6,9-10,12-13H2,1-2H3,(H,21,23);1H. The second-order valence-electron chi connectivity index (χ2n) is 7.26. The molecule has 0 radical (unpaired) electrons. The Hall–Kier alpha value is -1.35. The third-order valence-electron chi connectivity index (χ3n) is 5.38. The maximum absolute atomic E-state index is 13.1. The first-order valence-corrected chi connectivity index (χ1v) is 11.2. The van der Waals surface area contributed by atoms with E-state index in [1.165, 1.54) is 10.4 Å². The van der Waals surface area contributed by atoms with E-state index in [1.54, 1.807) is 12.1 Å². The number of nitrogens with zero attached hydrogens (tertiary/aromatic N) is 1. The molecule has 1 atom stereocenters. The molecule has 2 fully saturated rings. The molecule has 2 saturated heterocycles. The summed E-state index contributed by atoms with van der Waals surface area (Å²) in [5.74, 6) is 0.438. The number of benzene rings is 1. The van der Waals surface area contributed by atoms with E-state index in [9.17, 15) is 13.2 Å². The Labute approximate surface area is 173 Å². The number of ether oxygens (including phenoxy) is 1. The average molecular weight is 432 g/mol. The fraction of sp³-hybridized carbons (Fsp3) is 0.632. The van der Waals surface area contributed by atoms with Crippen LogP contribution in [0.25, 0.3) is 0 Å². The minimum Gasteiger partial charge on any atom is -0.492 e. The fourth-order valence-electron chi connectivity index (χ4n) is 3.44. The number of carbonyl (C=O) groups is 1. The number of piperidine rings is 1. The molecule has 0 bridgehead atoms. The summed E-state index contributed by atoms with van der Waals surface area (Å²) in [6.45, 7) is 6.83. The second-order valence-corrected chi connectivity index (χ2v) is 9.16. The molecule has 1 unspecified atom stereocenters. The number of amides is 1. The van der Waals surface area contributed by atoms with Crippen LogP contribution in [0.4, 0.5) is 5.69 Å². The highest BCUT2D eigenvalue weighted by atomic mass is 35.5. The van der Waals surface area contributed by atoms with Crippen LogP contribution in [0.3, 0.4) is 0 Å². The van der Waals surface area contributed by atoms with Crippen molar-refractivity contribution in [3.05, 3.63) is 18.2 Å². The predicted molar refractivity (Wildman–Crippen MR) is 112 cm³/mol. The van der Waals surface area contributed by atoms with Gasteiger partial charge in [0.25, 0.3) is 0 Å². The summed E-state index contributed by atoms with van der Waals surface area (Å²) in [7, 11) is -3.66. The molecule has 0 aromatic heterocycles. The van der Waals surface area contributed by atoms with Crippen LogP contribution in [-0.2, 0) is 14.8 Å². The van der Waals surface area contributed by atoms with E-state index in [-0.39, 0.29) is 29.1 Å². The first-order chi connectivity index (χ1) is 12.9. The van der Waals surface area contributed by atoms with Crippen LogP contribution in [-0.4, -0.2) is 51.4 Å². The Kier molecular flexibility index (Phi) is 8.12. The smallest absolute Gasteiger partial charge is 0.246 e. The number of carbonyl (C=O) groups excluding carboxylic acids is 1. The quantitative estimate of drug-likeness (QED) is 0.692. The van der Waals surface area contributed by atoms with Crippen molar-refractivity contribution >= 4 is 34.0 Å². The highest BCUT2D eigenvalue weighted by Gasteiger charge is 2.31. The zero-order valence-electron chi connectivity index (χ0n) is 16.4. The molecule has 0 saturated carbocycles. The average Bonchev–Trinajstić information content (AvgIpc) is 2.62. The number of rotatable bonds is 7. The molecule has 0 aliphatic carbocycles. The van der Waals surface area contributed by atoms with Gasteiger partial charge in [-0.05, 0) is 57.0 Å². The molecule has 2 aliphatic heterocycles. The zero-order chi connectivity index (χ0) is 19.4. The van der Waals surface area contributed by atoms with E-state index in [1.807, 2.05) is 13.8 Å². The first-order valence-electron chi connectivity index (χ1n) is 9.72. The fourth-order valence-corrected chi connectivity index (χ4v) is 5.12. The minimum atomic E-state index is -3.66. The molecule has 1 amide bonds. The number of hydrogen-bond acceptors (Lipinski definition) is 5. The van der Waals surface area contributed by atoms with Gasteiger partial charge in [0.05, 0.1) is 6.61 Å². The van der Waals surface area contributed by atoms with E-state index in [0.29, 0.717) is 37.1 Å². The van der Waals surface area contributed by atoms with Gasteiger partial charge in [0, 0.05) is 24.7 Å². The molecular weight excluding hydrogens is 402 g/mol. The number of hydrogen-bond donors (Lipinski definition) is 2. The largest absolute Gasteiger partial charge is 0.492 e. The number of sulfonamides is 1. The van der Waals surface area contributed by atoms with Crippen molar-refractivity contribution in [2.24, 2.45) is 11.8 Å². The molecular formula is C19H30ClN3O4S. The summed E-state index contributed by atoms with van der Waals surface area (Å²) in [4.78, 5) is 12.6. The second kappa shape index (κ2) is 9.91. The topological polar surface area (TPSA) is 87.7 Å². The normalized spacial score (nSPS) is 19.2. The lowest BCUT2D eigenvalue weighted by Gasteiger charge is -2.31. The summed E-state index contributed by atoms with van der Waals surface area (Å²) in [6, 6.07) is 4.86. The third kappa shape index (κ3) is 4.97. The van der Waals surface area contributed by atoms with Crippen molar-refractivity contribution in [3.8, 4) is 5.75 Å². The van der Waals surface area contributed by atoms with E-state index in [4.69, 9.17) is 4.74 Å². The Morgan fingerprint density at radius 3 is 2.54 bits per heavy atom. The van der Waals surface area contributed by atoms with Crippen molar-refractivity contribution < 1.29 is 17.9 Å². The van der Waals surface area contributed by atoms with E-state index in [2.05, 4.69) is 10.6 Å². The van der Waals surface area contributed by atoms with Crippen LogP contribution >= 0.6 is 12.4 Å². The van der Waals surface area contributed by atoms with E-state index in [0.717, 1.165) is 32.4 Å². The number of nitrogens with one attached hydrogen (secondary N) is 2. The monoisotopic (exact) mass is 431 g/mol. The molecule has 2 N–H and O–H groups in total. The maximum atomic E-state index is 13.1. The summed E-state index contributed by atoms with van der Waals surface area (Å²) in [6.07, 6.45) is 2.79. The van der Waals surface area contributed by atoms with Gasteiger partial charge in [-0.25, -0.2) is 8.42 Å². The van der Waals surface area contributed by atoms with Crippen LogP contribution < -0.4 is 15.4 Å². The molecule has 158 valence electrons. The zero-order valence-corrected chi connectivity index (χ0v) is 18.1. The Morgan fingerprint density at radius 2 is 1.96 bits per heavy atom. The maximum Gasteiger partial charge on any atom is 0.246 e. The van der Waals surface area contributed by atoms with Crippen LogP contribution in [0.2, 0.25) is 0 Å². The summed E-state index contributed by atoms with van der Waals surface area (Å²) in [5, 5.41) is 6.04. The molecule has 3 rings (SSSR count). The van der Waals surface area contributed by atoms with Crippen LogP contribution in [0.5, 0.6) is 5.75 Å². The molecule has 7 nitrogen and oxygen atoms in total. The van der Waals surface area contributed by atoms with Crippen LogP contribution in [0.1, 0.15) is 33.1 Å². The minimum absolute atomic E-state index is 0. The van der Waals surface area contributed by atoms with Gasteiger partial charge >= 0.3 is 0 Å². The summed E-state index contributed by atoms with van der Waals surface area (Å²) in [5.41, 5.74) is 0.484. The van der Waals surface area contributed by atoms with Crippen molar-refractivity contribution in [1.29, 1.82) is 0 Å². The highest BCUT2D eigenvalue weighted by molar-refractivity contribution is 7.89. The predicted octanol–water partition coefficient (Wildman–Crippen LogP) is 2.48. The lowest BCUT2D eigenvalue weighted by molar-refractivity contribution is -0.121. The molecule has 28 heavy (non-hydrogen) atoms. The molecule has 2 heterocycles. The van der Waals surface area contributed by atoms with E-state index >= 15 is 0 Å². The Balaban J connectivity index is 0.00000280. The van der Waals surface area contributed by atoms with Gasteiger partial charge in [0.15, 0.2) is 0 Å². The lowest BCUT2D eigenvalue weighted by atomic mass is 9.88. The van der Waals surface area contributed by atoms with E-state index < -0.39 is 10.0 Å². The van der Waals surface area contributed by atoms with Gasteiger partial charge in [-0.15, -0.1) is 12.4 Å². The molecule has 0 spiro atoms. The summed E-state index contributed by atoms with van der Waals surface area (Å²) < 4.78 is 33.4. The van der Waals surface area contributed by atoms with Crippen molar-refractivity contribution in [1.82, 2.24) is 9.62 Å². The van der Waals surface area contributed by atoms with Gasteiger partial charge in [-0.3, -0.25) is 4.79 Å². The molecule has 1 aromatic rings. The van der Waals surface area contributed by atoms with Gasteiger partial charge in [-0.1, -0.05) is 13.3 Å². The van der Waals surface area contributed by atoms with Gasteiger partial charge in [0.2, 0.25) is 15.9 Å². The summed E-state index contributed by atoms with van der Waals surface area (Å²) >= 11 is 0. The van der Waals surface area contributed by atoms with Crippen LogP contribution in [0.15, 0.2) is 23.1 Å². The van der Waals surface area contributed by atoms with Gasteiger partial charge in [0.1, 0.15) is 10.6 Å². The number of anilines is 1. The highest BCUT2D eigenvalue weighted by Crippen LogP contribution is 2.32. The number of halogens is 1. The SMILES string of the molecule is CCOc1ccc(NC(=O)C(C)C2CNC2)cc1S(=O)(=O)N1CCCCC1.Cl. The Morgan fingerprint density at radius 1 is 1.29 bits per heavy atom. The lowest BCUT2D eigenvalue weighted by Crippen LogP contribution is -2.48. The van der Waals surface area contributed by atoms with Gasteiger partial charge < -0.3 is 15.4 Å². The molecule has 1 aromatic carbocycles. The van der Waals surface area contributed by atoms with Crippen molar-refractivity contribution in [2.75, 3.05) is 38.1 Å².